The van der Waals surface area contributed by atoms with Crippen molar-refractivity contribution in [1.29, 1.82) is 5.41 Å². The molecule has 3 aromatic rings. The highest BCUT2D eigenvalue weighted by Gasteiger charge is 2.36. The van der Waals surface area contributed by atoms with E-state index in [-0.39, 0.29) is 22.3 Å². The highest BCUT2D eigenvalue weighted by atomic mass is 35.5. The summed E-state index contributed by atoms with van der Waals surface area (Å²) in [6, 6.07) is 16.4. The van der Waals surface area contributed by atoms with Crippen molar-refractivity contribution in [3.63, 3.8) is 0 Å². The molecule has 162 valence electrons. The molecule has 1 aromatic heterocycles. The normalized spacial score (nSPS) is 16.6. The highest BCUT2D eigenvalue weighted by Crippen LogP contribution is 2.33. The van der Waals surface area contributed by atoms with Crippen molar-refractivity contribution in [1.82, 2.24) is 5.01 Å². The summed E-state index contributed by atoms with van der Waals surface area (Å²) in [6.45, 7) is 0. The first-order valence-electron chi connectivity index (χ1n) is 9.50. The highest BCUT2D eigenvalue weighted by molar-refractivity contribution is 8.27. The summed E-state index contributed by atoms with van der Waals surface area (Å²) < 4.78 is 5.77. The van der Waals surface area contributed by atoms with Crippen LogP contribution in [0.4, 0.5) is 5.69 Å². The monoisotopic (exact) mass is 477 g/mol. The molecule has 2 aliphatic heterocycles. The van der Waals surface area contributed by atoms with Gasteiger partial charge in [-0.1, -0.05) is 29.8 Å². The number of amides is 1. The number of halogens is 1. The van der Waals surface area contributed by atoms with E-state index in [1.807, 2.05) is 6.07 Å². The molecule has 0 radical (unpaired) electrons. The zero-order valence-electron chi connectivity index (χ0n) is 16.6. The Labute approximate surface area is 195 Å². The molecule has 2 aromatic carbocycles. The number of nitro groups is 1. The van der Waals surface area contributed by atoms with E-state index in [9.17, 15) is 14.9 Å². The van der Waals surface area contributed by atoms with Crippen LogP contribution in [0, 0.1) is 15.5 Å². The predicted octanol–water partition coefficient (Wildman–Crippen LogP) is 5.18. The Morgan fingerprint density at radius 3 is 2.61 bits per heavy atom. The predicted molar refractivity (Wildman–Crippen MR) is 126 cm³/mol. The Kier molecular flexibility index (Phi) is 5.15. The molecule has 2 aliphatic rings. The Morgan fingerprint density at radius 1 is 1.12 bits per heavy atom. The maximum Gasteiger partial charge on any atom is 0.283 e. The standard InChI is InChI=1S/C22H12ClN5O4S/c23-17-4-2-1-3-15(17)21-26-27-19(24)16(20(29)25-22(27)33-21)11-14-9-10-18(32-14)12-5-7-13(8-6-12)28(30)31/h1-11,24H. The van der Waals surface area contributed by atoms with Crippen molar-refractivity contribution >= 4 is 57.1 Å². The zero-order valence-corrected chi connectivity index (χ0v) is 18.1. The average Bonchev–Trinajstić information content (AvgIpc) is 3.44. The summed E-state index contributed by atoms with van der Waals surface area (Å²) in [7, 11) is 0. The maximum atomic E-state index is 12.6. The van der Waals surface area contributed by atoms with Gasteiger partial charge in [-0.05, 0) is 48.2 Å². The Balaban J connectivity index is 1.43. The van der Waals surface area contributed by atoms with Crippen molar-refractivity contribution in [3.05, 3.63) is 92.7 Å². The number of nitro benzene ring substituents is 1. The maximum absolute atomic E-state index is 12.6. The fourth-order valence-corrected chi connectivity index (χ4v) is 4.42. The quantitative estimate of drug-likeness (QED) is 0.313. The van der Waals surface area contributed by atoms with Crippen molar-refractivity contribution in [3.8, 4) is 11.3 Å². The molecule has 0 fully saturated rings. The average molecular weight is 478 g/mol. The van der Waals surface area contributed by atoms with Crippen molar-refractivity contribution in [2.75, 3.05) is 0 Å². The third-order valence-electron chi connectivity index (χ3n) is 4.83. The molecular weight excluding hydrogens is 466 g/mol. The largest absolute Gasteiger partial charge is 0.457 e. The molecule has 0 bridgehead atoms. The van der Waals surface area contributed by atoms with Gasteiger partial charge in [-0.2, -0.15) is 15.1 Å². The van der Waals surface area contributed by atoms with Gasteiger partial charge in [0.25, 0.3) is 11.6 Å². The molecule has 0 atom stereocenters. The minimum absolute atomic E-state index is 0.0214. The van der Waals surface area contributed by atoms with Crippen LogP contribution in [0.15, 0.2) is 80.7 Å². The van der Waals surface area contributed by atoms with E-state index >= 15 is 0 Å². The number of amidine groups is 2. The summed E-state index contributed by atoms with van der Waals surface area (Å²) in [5, 5.41) is 26.3. The fraction of sp³-hybridized carbons (Fsp3) is 0. The lowest BCUT2D eigenvalue weighted by atomic mass is 10.1. The Bertz CT molecular complexity index is 1420. The molecule has 0 aliphatic carbocycles. The molecule has 0 saturated heterocycles. The van der Waals surface area contributed by atoms with Crippen molar-refractivity contribution < 1.29 is 14.1 Å². The molecule has 0 saturated carbocycles. The Morgan fingerprint density at radius 2 is 1.88 bits per heavy atom. The smallest absolute Gasteiger partial charge is 0.283 e. The number of hydrogen-bond donors (Lipinski definition) is 1. The molecular formula is C22H12ClN5O4S. The van der Waals surface area contributed by atoms with E-state index in [0.29, 0.717) is 32.7 Å². The number of aliphatic imine (C=N–C) groups is 1. The number of hydrogen-bond acceptors (Lipinski definition) is 7. The van der Waals surface area contributed by atoms with Gasteiger partial charge in [0.2, 0.25) is 5.17 Å². The molecule has 9 nitrogen and oxygen atoms in total. The summed E-state index contributed by atoms with van der Waals surface area (Å²) >= 11 is 7.41. The molecule has 33 heavy (non-hydrogen) atoms. The molecule has 1 amide bonds. The molecule has 3 heterocycles. The number of thioether (sulfide) groups is 1. The number of carbonyl (C=O) groups is 1. The number of nitrogens with one attached hydrogen (secondary N) is 1. The van der Waals surface area contributed by atoms with Crippen LogP contribution in [0.2, 0.25) is 5.02 Å². The number of hydrazone groups is 1. The minimum atomic E-state index is -0.581. The minimum Gasteiger partial charge on any atom is -0.457 e. The molecule has 0 spiro atoms. The van der Waals surface area contributed by atoms with Gasteiger partial charge in [0.15, 0.2) is 5.84 Å². The summed E-state index contributed by atoms with van der Waals surface area (Å²) in [4.78, 5) is 27.0. The van der Waals surface area contributed by atoms with E-state index in [2.05, 4.69) is 10.1 Å². The summed E-state index contributed by atoms with van der Waals surface area (Å²) in [6.07, 6.45) is 1.42. The van der Waals surface area contributed by atoms with Gasteiger partial charge in [0, 0.05) is 23.3 Å². The molecule has 11 heteroatoms. The molecule has 0 unspecified atom stereocenters. The van der Waals surface area contributed by atoms with Gasteiger partial charge in [0.1, 0.15) is 16.6 Å². The summed E-state index contributed by atoms with van der Waals surface area (Å²) in [5.41, 5.74) is 1.32. The first kappa shape index (κ1) is 20.9. The van der Waals surface area contributed by atoms with E-state index < -0.39 is 10.8 Å². The number of fused-ring (bicyclic) bond motifs is 1. The third-order valence-corrected chi connectivity index (χ3v) is 6.11. The van der Waals surface area contributed by atoms with Gasteiger partial charge >= 0.3 is 0 Å². The second-order valence-electron chi connectivity index (χ2n) is 6.91. The number of furan rings is 1. The van der Waals surface area contributed by atoms with Crippen molar-refractivity contribution in [2.45, 2.75) is 0 Å². The fourth-order valence-electron chi connectivity index (χ4n) is 3.21. The van der Waals surface area contributed by atoms with Crippen LogP contribution in [0.3, 0.4) is 0 Å². The van der Waals surface area contributed by atoms with Crippen LogP contribution >= 0.6 is 23.4 Å². The number of rotatable bonds is 4. The topological polar surface area (TPSA) is 125 Å². The van der Waals surface area contributed by atoms with E-state index in [0.717, 1.165) is 11.8 Å². The first-order chi connectivity index (χ1) is 15.9. The lowest BCUT2D eigenvalue weighted by Gasteiger charge is -2.19. The number of carbonyl (C=O) groups excluding carboxylic acids is 1. The van der Waals surface area contributed by atoms with Crippen LogP contribution in [0.5, 0.6) is 0 Å². The SMILES string of the molecule is N=C1C(=Cc2ccc(-c3ccc([N+](=O)[O-])cc3)o2)C(=O)N=C2SC(c3ccccc3Cl)=NN12. The van der Waals surface area contributed by atoms with Crippen LogP contribution in [0.1, 0.15) is 11.3 Å². The zero-order chi connectivity index (χ0) is 23.1. The van der Waals surface area contributed by atoms with Crippen LogP contribution in [-0.2, 0) is 4.79 Å². The van der Waals surface area contributed by atoms with Gasteiger partial charge < -0.3 is 4.42 Å². The van der Waals surface area contributed by atoms with E-state index in [1.54, 1.807) is 42.5 Å². The second kappa shape index (κ2) is 8.15. The molecule has 1 N–H and O–H groups in total. The lowest BCUT2D eigenvalue weighted by molar-refractivity contribution is -0.384. The van der Waals surface area contributed by atoms with Gasteiger partial charge in [-0.15, -0.1) is 0 Å². The third kappa shape index (κ3) is 3.86. The van der Waals surface area contributed by atoms with Crippen LogP contribution in [-0.4, -0.2) is 31.9 Å². The first-order valence-corrected chi connectivity index (χ1v) is 10.7. The number of non-ortho nitro benzene ring substituents is 1. The van der Waals surface area contributed by atoms with Crippen LogP contribution < -0.4 is 0 Å². The molecule has 5 rings (SSSR count). The second-order valence-corrected chi connectivity index (χ2v) is 8.27. The number of nitrogens with zero attached hydrogens (tertiary/aromatic N) is 4. The lowest BCUT2D eigenvalue weighted by Crippen LogP contribution is -2.35. The summed E-state index contributed by atoms with van der Waals surface area (Å²) in [5.74, 6) is 0.0826. The van der Waals surface area contributed by atoms with Gasteiger partial charge in [-0.3, -0.25) is 20.3 Å². The number of benzene rings is 2. The van der Waals surface area contributed by atoms with Gasteiger partial charge in [-0.25, -0.2) is 0 Å². The van der Waals surface area contributed by atoms with E-state index in [1.165, 1.54) is 23.2 Å². The van der Waals surface area contributed by atoms with E-state index in [4.69, 9.17) is 21.4 Å². The Hall–Kier alpha value is -4.02. The van der Waals surface area contributed by atoms with Gasteiger partial charge in [0.05, 0.1) is 15.5 Å². The van der Waals surface area contributed by atoms with Crippen molar-refractivity contribution in [2.24, 2.45) is 10.1 Å². The van der Waals surface area contributed by atoms with Crippen LogP contribution in [0.25, 0.3) is 17.4 Å².